The van der Waals surface area contributed by atoms with Crippen molar-refractivity contribution in [2.24, 2.45) is 0 Å². The van der Waals surface area contributed by atoms with Gasteiger partial charge in [0.15, 0.2) is 0 Å². The summed E-state index contributed by atoms with van der Waals surface area (Å²) < 4.78 is 5.94. The smallest absolute Gasteiger partial charge is 0.122 e. The maximum absolute atomic E-state index is 5.94. The Labute approximate surface area is 131 Å². The molecule has 0 saturated heterocycles. The molecule has 0 saturated carbocycles. The van der Waals surface area contributed by atoms with Gasteiger partial charge in [-0.1, -0.05) is 44.9 Å². The van der Waals surface area contributed by atoms with E-state index in [1.54, 1.807) is 0 Å². The van der Waals surface area contributed by atoms with E-state index in [4.69, 9.17) is 4.74 Å². The number of rotatable bonds is 9. The molecule has 0 bridgehead atoms. The Balaban J connectivity index is 2.12. The largest absolute Gasteiger partial charge is 0.493 e. The molecule has 0 aliphatic carbocycles. The number of hydrogen-bond acceptors (Lipinski definition) is 2. The highest BCUT2D eigenvalue weighted by atomic mass is 16.5. The quantitative estimate of drug-likeness (QED) is 0.636. The van der Waals surface area contributed by atoms with Crippen molar-refractivity contribution in [3.8, 4) is 5.75 Å². The summed E-state index contributed by atoms with van der Waals surface area (Å²) in [7, 11) is 0. The second-order valence-corrected chi connectivity index (χ2v) is 7.13. The van der Waals surface area contributed by atoms with E-state index in [0.29, 0.717) is 5.92 Å². The molecule has 0 atom stereocenters. The summed E-state index contributed by atoms with van der Waals surface area (Å²) >= 11 is 0. The Kier molecular flexibility index (Phi) is 7.81. The van der Waals surface area contributed by atoms with Crippen LogP contribution in [0.1, 0.15) is 71.8 Å². The highest BCUT2D eigenvalue weighted by molar-refractivity contribution is 5.35. The van der Waals surface area contributed by atoms with Crippen molar-refractivity contribution in [1.82, 2.24) is 5.32 Å². The van der Waals surface area contributed by atoms with Crippen LogP contribution in [0.4, 0.5) is 0 Å². The van der Waals surface area contributed by atoms with Crippen LogP contribution >= 0.6 is 0 Å². The third-order valence-electron chi connectivity index (χ3n) is 3.53. The average molecular weight is 291 g/mol. The molecular weight excluding hydrogens is 258 g/mol. The van der Waals surface area contributed by atoms with Crippen molar-refractivity contribution in [2.45, 2.75) is 71.8 Å². The summed E-state index contributed by atoms with van der Waals surface area (Å²) in [6.07, 6.45) is 4.91. The number of para-hydroxylation sites is 1. The zero-order valence-electron chi connectivity index (χ0n) is 14.5. The SMILES string of the molecule is CC(C)c1ccccc1OCCCCCCNC(C)(C)C. The highest BCUT2D eigenvalue weighted by Crippen LogP contribution is 2.25. The molecule has 1 aromatic rings. The molecule has 0 aliphatic rings. The maximum Gasteiger partial charge on any atom is 0.122 e. The molecule has 0 fully saturated rings. The number of nitrogens with one attached hydrogen (secondary N) is 1. The lowest BCUT2D eigenvalue weighted by Crippen LogP contribution is -2.36. The van der Waals surface area contributed by atoms with Gasteiger partial charge in [-0.25, -0.2) is 0 Å². The molecule has 0 unspecified atom stereocenters. The Morgan fingerprint density at radius 3 is 2.33 bits per heavy atom. The van der Waals surface area contributed by atoms with Gasteiger partial charge in [-0.05, 0) is 57.7 Å². The normalized spacial score (nSPS) is 11.9. The average Bonchev–Trinajstić information content (AvgIpc) is 2.41. The van der Waals surface area contributed by atoms with Crippen LogP contribution in [0.25, 0.3) is 0 Å². The van der Waals surface area contributed by atoms with Gasteiger partial charge in [0.25, 0.3) is 0 Å². The fourth-order valence-corrected chi connectivity index (χ4v) is 2.32. The van der Waals surface area contributed by atoms with Gasteiger partial charge in [-0.3, -0.25) is 0 Å². The Bertz CT molecular complexity index is 393. The number of hydrogen-bond donors (Lipinski definition) is 1. The molecule has 2 nitrogen and oxygen atoms in total. The molecule has 0 amide bonds. The minimum atomic E-state index is 0.240. The first-order valence-electron chi connectivity index (χ1n) is 8.37. The van der Waals surface area contributed by atoms with Gasteiger partial charge in [-0.2, -0.15) is 0 Å². The van der Waals surface area contributed by atoms with Crippen LogP contribution in [0, 0.1) is 0 Å². The summed E-state index contributed by atoms with van der Waals surface area (Å²) in [5.41, 5.74) is 1.55. The summed E-state index contributed by atoms with van der Waals surface area (Å²) in [5.74, 6) is 1.58. The molecule has 1 rings (SSSR count). The van der Waals surface area contributed by atoms with Crippen LogP contribution in [0.3, 0.4) is 0 Å². The summed E-state index contributed by atoms with van der Waals surface area (Å²) in [6.45, 7) is 13.0. The molecule has 21 heavy (non-hydrogen) atoms. The molecule has 0 heterocycles. The van der Waals surface area contributed by atoms with E-state index in [1.807, 2.05) is 0 Å². The van der Waals surface area contributed by atoms with Crippen LogP contribution in [-0.4, -0.2) is 18.7 Å². The minimum absolute atomic E-state index is 0.240. The van der Waals surface area contributed by atoms with E-state index in [9.17, 15) is 0 Å². The first-order chi connectivity index (χ1) is 9.90. The molecule has 1 aromatic carbocycles. The topological polar surface area (TPSA) is 21.3 Å². The van der Waals surface area contributed by atoms with Gasteiger partial charge < -0.3 is 10.1 Å². The molecule has 0 aromatic heterocycles. The lowest BCUT2D eigenvalue weighted by atomic mass is 10.0. The standard InChI is InChI=1S/C19H33NO/c1-16(2)17-12-8-9-13-18(17)21-15-11-7-6-10-14-20-19(3,4)5/h8-9,12-13,16,20H,6-7,10-11,14-15H2,1-5H3. The van der Waals surface area contributed by atoms with E-state index in [-0.39, 0.29) is 5.54 Å². The first-order valence-corrected chi connectivity index (χ1v) is 8.37. The molecule has 0 radical (unpaired) electrons. The van der Waals surface area contributed by atoms with E-state index in [2.05, 4.69) is 64.2 Å². The van der Waals surface area contributed by atoms with Crippen LogP contribution < -0.4 is 10.1 Å². The number of ether oxygens (including phenoxy) is 1. The highest BCUT2D eigenvalue weighted by Gasteiger charge is 2.07. The zero-order valence-corrected chi connectivity index (χ0v) is 14.5. The number of unbranched alkanes of at least 4 members (excludes halogenated alkanes) is 3. The molecular formula is C19H33NO. The van der Waals surface area contributed by atoms with Gasteiger partial charge in [0.2, 0.25) is 0 Å². The second-order valence-electron chi connectivity index (χ2n) is 7.13. The Morgan fingerprint density at radius 2 is 1.67 bits per heavy atom. The van der Waals surface area contributed by atoms with E-state index in [0.717, 1.165) is 25.3 Å². The third kappa shape index (κ3) is 8.11. The lowest BCUT2D eigenvalue weighted by Gasteiger charge is -2.20. The van der Waals surface area contributed by atoms with Crippen LogP contribution in [0.5, 0.6) is 5.75 Å². The monoisotopic (exact) mass is 291 g/mol. The van der Waals surface area contributed by atoms with E-state index >= 15 is 0 Å². The van der Waals surface area contributed by atoms with Crippen molar-refractivity contribution < 1.29 is 4.74 Å². The predicted molar refractivity (Wildman–Crippen MR) is 92.2 cm³/mol. The van der Waals surface area contributed by atoms with Gasteiger partial charge in [-0.15, -0.1) is 0 Å². The summed E-state index contributed by atoms with van der Waals surface area (Å²) in [6, 6.07) is 8.39. The van der Waals surface area contributed by atoms with E-state index < -0.39 is 0 Å². The zero-order chi connectivity index (χ0) is 15.7. The lowest BCUT2D eigenvalue weighted by molar-refractivity contribution is 0.300. The van der Waals surface area contributed by atoms with Crippen LogP contribution in [-0.2, 0) is 0 Å². The minimum Gasteiger partial charge on any atom is -0.493 e. The summed E-state index contributed by atoms with van der Waals surface area (Å²) in [4.78, 5) is 0. The Hall–Kier alpha value is -1.02. The fraction of sp³-hybridized carbons (Fsp3) is 0.684. The van der Waals surface area contributed by atoms with Crippen molar-refractivity contribution in [1.29, 1.82) is 0 Å². The van der Waals surface area contributed by atoms with Gasteiger partial charge in [0.05, 0.1) is 6.61 Å². The van der Waals surface area contributed by atoms with Gasteiger partial charge >= 0.3 is 0 Å². The molecule has 0 aliphatic heterocycles. The second kappa shape index (κ2) is 9.09. The predicted octanol–water partition coefficient (Wildman–Crippen LogP) is 5.14. The van der Waals surface area contributed by atoms with Crippen molar-refractivity contribution in [3.63, 3.8) is 0 Å². The number of benzene rings is 1. The van der Waals surface area contributed by atoms with Crippen molar-refractivity contribution >= 4 is 0 Å². The molecule has 2 heteroatoms. The van der Waals surface area contributed by atoms with Crippen LogP contribution in [0.15, 0.2) is 24.3 Å². The molecule has 0 spiro atoms. The van der Waals surface area contributed by atoms with Crippen LogP contribution in [0.2, 0.25) is 0 Å². The van der Waals surface area contributed by atoms with Gasteiger partial charge in [0.1, 0.15) is 5.75 Å². The maximum atomic E-state index is 5.94. The Morgan fingerprint density at radius 1 is 1.00 bits per heavy atom. The third-order valence-corrected chi connectivity index (χ3v) is 3.53. The van der Waals surface area contributed by atoms with Crippen molar-refractivity contribution in [3.05, 3.63) is 29.8 Å². The van der Waals surface area contributed by atoms with Crippen molar-refractivity contribution in [2.75, 3.05) is 13.2 Å². The van der Waals surface area contributed by atoms with Gasteiger partial charge in [0, 0.05) is 5.54 Å². The summed E-state index contributed by atoms with van der Waals surface area (Å²) in [5, 5.41) is 3.53. The first kappa shape index (κ1) is 18.0. The molecule has 120 valence electrons. The fourth-order valence-electron chi connectivity index (χ4n) is 2.32. The van der Waals surface area contributed by atoms with E-state index in [1.165, 1.54) is 24.8 Å². The molecule has 1 N–H and O–H groups in total.